The summed E-state index contributed by atoms with van der Waals surface area (Å²) in [6.45, 7) is 6.28. The molecule has 0 fully saturated rings. The van der Waals surface area contributed by atoms with Crippen molar-refractivity contribution in [3.05, 3.63) is 0 Å². The van der Waals surface area contributed by atoms with Gasteiger partial charge in [0.05, 0.1) is 0 Å². The number of hydrogen-bond acceptors (Lipinski definition) is 1. The van der Waals surface area contributed by atoms with Crippen LogP contribution < -0.4 is 0 Å². The van der Waals surface area contributed by atoms with Crippen LogP contribution in [-0.4, -0.2) is 5.78 Å². The number of hydrogen-bond donors (Lipinski definition) is 0. The van der Waals surface area contributed by atoms with Gasteiger partial charge >= 0.3 is 0 Å². The van der Waals surface area contributed by atoms with Crippen molar-refractivity contribution >= 4 is 5.78 Å². The standard InChI is InChI=1S/C11H22O/c1-4-7-8-9-10(5-2)11(12)6-3/h10H,4-9H2,1-3H3. The van der Waals surface area contributed by atoms with Gasteiger partial charge < -0.3 is 0 Å². The molecule has 0 heterocycles. The minimum Gasteiger partial charge on any atom is -0.299 e. The van der Waals surface area contributed by atoms with Crippen molar-refractivity contribution in [3.8, 4) is 0 Å². The Bertz CT molecular complexity index is 118. The molecule has 0 N–H and O–H groups in total. The first-order valence-corrected chi connectivity index (χ1v) is 5.28. The van der Waals surface area contributed by atoms with Gasteiger partial charge in [0.15, 0.2) is 0 Å². The number of rotatable bonds is 7. The van der Waals surface area contributed by atoms with E-state index in [0.29, 0.717) is 18.1 Å². The summed E-state index contributed by atoms with van der Waals surface area (Å²) in [7, 11) is 0. The number of carbonyl (C=O) groups is 1. The van der Waals surface area contributed by atoms with Gasteiger partial charge in [0.2, 0.25) is 0 Å². The summed E-state index contributed by atoms with van der Waals surface area (Å²) in [5, 5.41) is 0. The Morgan fingerprint density at radius 1 is 1.17 bits per heavy atom. The van der Waals surface area contributed by atoms with E-state index in [-0.39, 0.29) is 0 Å². The Balaban J connectivity index is 3.60. The summed E-state index contributed by atoms with van der Waals surface area (Å²) in [6, 6.07) is 0. The highest BCUT2D eigenvalue weighted by Gasteiger charge is 2.12. The topological polar surface area (TPSA) is 17.1 Å². The van der Waals surface area contributed by atoms with Crippen LogP contribution in [0, 0.1) is 5.92 Å². The second-order valence-corrected chi connectivity index (χ2v) is 3.42. The monoisotopic (exact) mass is 170 g/mol. The van der Waals surface area contributed by atoms with Crippen LogP contribution in [0.4, 0.5) is 0 Å². The van der Waals surface area contributed by atoms with Crippen molar-refractivity contribution in [3.63, 3.8) is 0 Å². The van der Waals surface area contributed by atoms with Crippen molar-refractivity contribution in [1.82, 2.24) is 0 Å². The first-order chi connectivity index (χ1) is 5.76. The summed E-state index contributed by atoms with van der Waals surface area (Å²) in [6.07, 6.45) is 6.59. The summed E-state index contributed by atoms with van der Waals surface area (Å²) in [5.74, 6) is 0.801. The average molecular weight is 170 g/mol. The molecule has 1 heteroatoms. The van der Waals surface area contributed by atoms with Crippen LogP contribution in [0.1, 0.15) is 59.3 Å². The molecular formula is C11H22O. The fraction of sp³-hybridized carbons (Fsp3) is 0.909. The van der Waals surface area contributed by atoms with Crippen LogP contribution >= 0.6 is 0 Å². The van der Waals surface area contributed by atoms with Crippen molar-refractivity contribution in [2.24, 2.45) is 5.92 Å². The zero-order chi connectivity index (χ0) is 9.40. The first kappa shape index (κ1) is 11.7. The van der Waals surface area contributed by atoms with E-state index in [9.17, 15) is 4.79 Å². The fourth-order valence-electron chi connectivity index (χ4n) is 1.52. The van der Waals surface area contributed by atoms with E-state index in [1.54, 1.807) is 0 Å². The van der Waals surface area contributed by atoms with E-state index >= 15 is 0 Å². The third-order valence-corrected chi connectivity index (χ3v) is 2.45. The molecule has 1 atom stereocenters. The van der Waals surface area contributed by atoms with Crippen LogP contribution in [0.2, 0.25) is 0 Å². The van der Waals surface area contributed by atoms with Crippen LogP contribution in [0.25, 0.3) is 0 Å². The molecule has 12 heavy (non-hydrogen) atoms. The Morgan fingerprint density at radius 3 is 2.25 bits per heavy atom. The highest BCUT2D eigenvalue weighted by atomic mass is 16.1. The molecule has 0 bridgehead atoms. The molecule has 0 saturated carbocycles. The Labute approximate surface area is 76.6 Å². The van der Waals surface area contributed by atoms with E-state index in [1.807, 2.05) is 6.92 Å². The number of carbonyl (C=O) groups excluding carboxylic acids is 1. The molecule has 0 amide bonds. The molecule has 0 aliphatic rings. The summed E-state index contributed by atoms with van der Waals surface area (Å²) >= 11 is 0. The molecule has 0 rings (SSSR count). The highest BCUT2D eigenvalue weighted by molar-refractivity contribution is 5.80. The molecule has 0 radical (unpaired) electrons. The third kappa shape index (κ3) is 4.53. The van der Waals surface area contributed by atoms with Gasteiger partial charge in [0.25, 0.3) is 0 Å². The molecule has 0 aromatic carbocycles. The highest BCUT2D eigenvalue weighted by Crippen LogP contribution is 2.15. The predicted molar refractivity (Wildman–Crippen MR) is 53.2 cm³/mol. The maximum absolute atomic E-state index is 11.3. The van der Waals surface area contributed by atoms with E-state index in [4.69, 9.17) is 0 Å². The second-order valence-electron chi connectivity index (χ2n) is 3.42. The number of Topliss-reactive ketones (excluding diaryl/α,β-unsaturated/α-hetero) is 1. The molecule has 0 aliphatic heterocycles. The molecule has 0 aliphatic carbocycles. The quantitative estimate of drug-likeness (QED) is 0.534. The smallest absolute Gasteiger partial charge is 0.135 e. The van der Waals surface area contributed by atoms with E-state index in [2.05, 4.69) is 13.8 Å². The molecule has 72 valence electrons. The molecule has 1 nitrogen and oxygen atoms in total. The predicted octanol–water partition coefficient (Wildman–Crippen LogP) is 3.57. The molecular weight excluding hydrogens is 148 g/mol. The Morgan fingerprint density at radius 2 is 1.83 bits per heavy atom. The lowest BCUT2D eigenvalue weighted by atomic mass is 9.93. The van der Waals surface area contributed by atoms with Crippen molar-refractivity contribution in [2.75, 3.05) is 0 Å². The first-order valence-electron chi connectivity index (χ1n) is 5.28. The van der Waals surface area contributed by atoms with Gasteiger partial charge in [-0.1, -0.05) is 40.0 Å². The number of unbranched alkanes of at least 4 members (excludes halogenated alkanes) is 2. The van der Waals surface area contributed by atoms with E-state index in [0.717, 1.165) is 12.8 Å². The van der Waals surface area contributed by atoms with Gasteiger partial charge in [-0.25, -0.2) is 0 Å². The summed E-state index contributed by atoms with van der Waals surface area (Å²) in [5.41, 5.74) is 0. The molecule has 1 unspecified atom stereocenters. The zero-order valence-electron chi connectivity index (χ0n) is 8.73. The molecule has 0 aromatic heterocycles. The van der Waals surface area contributed by atoms with Crippen LogP contribution in [0.3, 0.4) is 0 Å². The Hall–Kier alpha value is -0.330. The Kier molecular flexibility index (Phi) is 7.12. The largest absolute Gasteiger partial charge is 0.299 e. The van der Waals surface area contributed by atoms with Crippen LogP contribution in [0.5, 0.6) is 0 Å². The summed E-state index contributed by atoms with van der Waals surface area (Å²) in [4.78, 5) is 11.3. The number of ketones is 1. The van der Waals surface area contributed by atoms with Crippen LogP contribution in [0.15, 0.2) is 0 Å². The molecule has 0 spiro atoms. The SMILES string of the molecule is CCCCCC(CC)C(=O)CC. The minimum atomic E-state index is 0.349. The fourth-order valence-corrected chi connectivity index (χ4v) is 1.52. The zero-order valence-corrected chi connectivity index (χ0v) is 8.73. The van der Waals surface area contributed by atoms with Gasteiger partial charge in [-0.2, -0.15) is 0 Å². The van der Waals surface area contributed by atoms with Gasteiger partial charge in [-0.15, -0.1) is 0 Å². The minimum absolute atomic E-state index is 0.349. The third-order valence-electron chi connectivity index (χ3n) is 2.45. The van der Waals surface area contributed by atoms with Crippen molar-refractivity contribution in [2.45, 2.75) is 59.3 Å². The lowest BCUT2D eigenvalue weighted by molar-refractivity contribution is -0.122. The molecule has 0 aromatic rings. The maximum Gasteiger partial charge on any atom is 0.135 e. The lowest BCUT2D eigenvalue weighted by Gasteiger charge is -2.11. The van der Waals surface area contributed by atoms with Crippen molar-refractivity contribution < 1.29 is 4.79 Å². The van der Waals surface area contributed by atoms with Gasteiger partial charge in [0.1, 0.15) is 5.78 Å². The maximum atomic E-state index is 11.3. The van der Waals surface area contributed by atoms with E-state index in [1.165, 1.54) is 19.3 Å². The second kappa shape index (κ2) is 7.33. The molecule has 0 saturated heterocycles. The van der Waals surface area contributed by atoms with Gasteiger partial charge in [-0.3, -0.25) is 4.79 Å². The van der Waals surface area contributed by atoms with E-state index < -0.39 is 0 Å². The van der Waals surface area contributed by atoms with Gasteiger partial charge in [0, 0.05) is 12.3 Å². The summed E-state index contributed by atoms with van der Waals surface area (Å²) < 4.78 is 0. The average Bonchev–Trinajstić information content (AvgIpc) is 2.11. The van der Waals surface area contributed by atoms with Crippen LogP contribution in [-0.2, 0) is 4.79 Å². The van der Waals surface area contributed by atoms with Gasteiger partial charge in [-0.05, 0) is 12.8 Å². The normalized spacial score (nSPS) is 12.9. The van der Waals surface area contributed by atoms with Crippen molar-refractivity contribution in [1.29, 1.82) is 0 Å². The lowest BCUT2D eigenvalue weighted by Crippen LogP contribution is -2.12.